The first-order chi connectivity index (χ1) is 16.9. The van der Waals surface area contributed by atoms with Crippen LogP contribution in [0, 0.1) is 46.5 Å². The SMILES string of the molecule is CCCC1(C)COC(O)(C2CCC(C3CCC(C(F)(F)Oc4cc(F)c(F)c(F)c4)CC3)CC2)OC1. The van der Waals surface area contributed by atoms with Gasteiger partial charge in [-0.05, 0) is 69.6 Å². The highest BCUT2D eigenvalue weighted by atomic mass is 19.3. The quantitative estimate of drug-likeness (QED) is 0.305. The molecule has 0 unspecified atom stereocenters. The first-order valence-corrected chi connectivity index (χ1v) is 13.2. The van der Waals surface area contributed by atoms with Crippen molar-refractivity contribution in [1.29, 1.82) is 0 Å². The van der Waals surface area contributed by atoms with E-state index >= 15 is 0 Å². The Morgan fingerprint density at radius 3 is 1.92 bits per heavy atom. The van der Waals surface area contributed by atoms with Gasteiger partial charge in [-0.1, -0.05) is 20.3 Å². The minimum atomic E-state index is -3.61. The molecule has 2 aliphatic carbocycles. The predicted octanol–water partition coefficient (Wildman–Crippen LogP) is 7.19. The Bertz CT molecular complexity index is 863. The highest BCUT2D eigenvalue weighted by Gasteiger charge is 2.49. The van der Waals surface area contributed by atoms with Crippen LogP contribution in [-0.4, -0.2) is 30.4 Å². The van der Waals surface area contributed by atoms with Crippen LogP contribution in [0.15, 0.2) is 12.1 Å². The second kappa shape index (κ2) is 10.7. The molecule has 204 valence electrons. The zero-order valence-electron chi connectivity index (χ0n) is 21.0. The van der Waals surface area contributed by atoms with E-state index in [1.807, 2.05) is 0 Å². The van der Waals surface area contributed by atoms with Gasteiger partial charge in [0.25, 0.3) is 5.97 Å². The molecule has 0 amide bonds. The van der Waals surface area contributed by atoms with Gasteiger partial charge in [-0.15, -0.1) is 0 Å². The molecule has 0 spiro atoms. The molecule has 1 aromatic carbocycles. The summed E-state index contributed by atoms with van der Waals surface area (Å²) in [4.78, 5) is 0. The molecule has 1 aromatic rings. The first kappa shape index (κ1) is 27.6. The summed E-state index contributed by atoms with van der Waals surface area (Å²) in [6.45, 7) is 5.15. The van der Waals surface area contributed by atoms with Gasteiger partial charge in [0.2, 0.25) is 0 Å². The topological polar surface area (TPSA) is 47.9 Å². The summed E-state index contributed by atoms with van der Waals surface area (Å²) in [7, 11) is 0. The Morgan fingerprint density at radius 2 is 1.42 bits per heavy atom. The minimum Gasteiger partial charge on any atom is -0.432 e. The average molecular weight is 521 g/mol. The molecule has 0 radical (unpaired) electrons. The maximum absolute atomic E-state index is 14.7. The van der Waals surface area contributed by atoms with Crippen LogP contribution < -0.4 is 4.74 Å². The fourth-order valence-corrected chi connectivity index (χ4v) is 6.34. The van der Waals surface area contributed by atoms with Gasteiger partial charge >= 0.3 is 6.11 Å². The van der Waals surface area contributed by atoms with Crippen LogP contribution >= 0.6 is 0 Å². The Labute approximate surface area is 209 Å². The van der Waals surface area contributed by atoms with Crippen molar-refractivity contribution in [1.82, 2.24) is 0 Å². The highest BCUT2D eigenvalue weighted by Crippen LogP contribution is 2.48. The summed E-state index contributed by atoms with van der Waals surface area (Å²) in [5.41, 5.74) is -0.0817. The summed E-state index contributed by atoms with van der Waals surface area (Å²) >= 11 is 0. The Hall–Kier alpha value is -1.45. The van der Waals surface area contributed by atoms with Gasteiger partial charge in [-0.3, -0.25) is 0 Å². The predicted molar refractivity (Wildman–Crippen MR) is 123 cm³/mol. The monoisotopic (exact) mass is 520 g/mol. The average Bonchev–Trinajstić information content (AvgIpc) is 2.85. The molecular weight excluding hydrogens is 483 g/mol. The largest absolute Gasteiger partial charge is 0.432 e. The third kappa shape index (κ3) is 5.99. The van der Waals surface area contributed by atoms with Crippen LogP contribution in [0.1, 0.15) is 78.1 Å². The number of hydrogen-bond acceptors (Lipinski definition) is 4. The fraction of sp³-hybridized carbons (Fsp3) is 0.778. The lowest BCUT2D eigenvalue weighted by molar-refractivity contribution is -0.427. The Kier molecular flexibility index (Phi) is 8.22. The Morgan fingerprint density at radius 1 is 0.917 bits per heavy atom. The van der Waals surface area contributed by atoms with Crippen molar-refractivity contribution in [3.8, 4) is 5.75 Å². The Balaban J connectivity index is 1.25. The van der Waals surface area contributed by atoms with Crippen LogP contribution in [0.2, 0.25) is 0 Å². The molecule has 36 heavy (non-hydrogen) atoms. The standard InChI is InChI=1S/C27H37F5O4/c1-3-12-25(2)15-34-27(33,35-16-25)20-10-6-18(7-11-20)17-4-8-19(9-5-17)26(31,32)36-21-13-22(28)24(30)23(29)14-21/h13-14,17-20,33H,3-12,15-16H2,1-2H3. The third-order valence-electron chi connectivity index (χ3n) is 8.52. The van der Waals surface area contributed by atoms with Crippen molar-refractivity contribution in [3.05, 3.63) is 29.6 Å². The minimum absolute atomic E-state index is 0.0817. The maximum atomic E-state index is 14.7. The van der Waals surface area contributed by atoms with E-state index in [4.69, 9.17) is 9.47 Å². The van der Waals surface area contributed by atoms with Crippen LogP contribution in [0.25, 0.3) is 0 Å². The summed E-state index contributed by atoms with van der Waals surface area (Å²) in [6, 6.07) is 0.878. The van der Waals surface area contributed by atoms with Crippen LogP contribution in [-0.2, 0) is 9.47 Å². The van der Waals surface area contributed by atoms with Gasteiger partial charge < -0.3 is 19.3 Å². The van der Waals surface area contributed by atoms with Gasteiger partial charge in [-0.2, -0.15) is 8.78 Å². The molecule has 1 heterocycles. The lowest BCUT2D eigenvalue weighted by Gasteiger charge is -2.47. The van der Waals surface area contributed by atoms with E-state index in [2.05, 4.69) is 18.6 Å². The van der Waals surface area contributed by atoms with Crippen molar-refractivity contribution >= 4 is 0 Å². The number of hydrogen-bond donors (Lipinski definition) is 1. The fourth-order valence-electron chi connectivity index (χ4n) is 6.34. The number of benzene rings is 1. The van der Waals surface area contributed by atoms with E-state index in [-0.39, 0.29) is 24.2 Å². The van der Waals surface area contributed by atoms with E-state index in [0.29, 0.717) is 50.0 Å². The van der Waals surface area contributed by atoms with Crippen molar-refractivity contribution in [2.75, 3.05) is 13.2 Å². The van der Waals surface area contributed by atoms with Crippen LogP contribution in [0.4, 0.5) is 22.0 Å². The van der Waals surface area contributed by atoms with E-state index in [1.54, 1.807) is 0 Å². The molecular formula is C27H37F5O4. The van der Waals surface area contributed by atoms with E-state index in [0.717, 1.165) is 38.5 Å². The molecule has 0 bridgehead atoms. The van der Waals surface area contributed by atoms with Gasteiger partial charge in [0.15, 0.2) is 17.5 Å². The van der Waals surface area contributed by atoms with Crippen molar-refractivity contribution in [2.45, 2.75) is 90.1 Å². The van der Waals surface area contributed by atoms with Crippen molar-refractivity contribution in [3.63, 3.8) is 0 Å². The lowest BCUT2D eigenvalue weighted by atomic mass is 9.68. The molecule has 3 aliphatic rings. The second-order valence-corrected chi connectivity index (χ2v) is 11.4. The van der Waals surface area contributed by atoms with E-state index in [9.17, 15) is 27.1 Å². The number of alkyl halides is 2. The summed E-state index contributed by atoms with van der Waals surface area (Å²) in [6.07, 6.45) is 3.34. The first-order valence-electron chi connectivity index (χ1n) is 13.2. The zero-order chi connectivity index (χ0) is 26.1. The molecule has 4 rings (SSSR count). The smallest absolute Gasteiger partial charge is 0.400 e. The summed E-state index contributed by atoms with van der Waals surface area (Å²) in [5, 5.41) is 11.0. The van der Waals surface area contributed by atoms with Crippen LogP contribution in [0.3, 0.4) is 0 Å². The molecule has 3 fully saturated rings. The van der Waals surface area contributed by atoms with Gasteiger partial charge in [0, 0.05) is 23.5 Å². The van der Waals surface area contributed by atoms with Gasteiger partial charge in [0.1, 0.15) is 5.75 Å². The molecule has 9 heteroatoms. The molecule has 2 saturated carbocycles. The lowest BCUT2D eigenvalue weighted by Crippen LogP contribution is -2.53. The van der Waals surface area contributed by atoms with Gasteiger partial charge in [-0.25, -0.2) is 13.2 Å². The second-order valence-electron chi connectivity index (χ2n) is 11.4. The number of rotatable bonds is 7. The molecule has 1 N–H and O–H groups in total. The maximum Gasteiger partial charge on any atom is 0.400 e. The molecule has 0 atom stereocenters. The van der Waals surface area contributed by atoms with Crippen molar-refractivity contribution < 1.29 is 41.3 Å². The molecule has 1 aliphatic heterocycles. The highest BCUT2D eigenvalue weighted by molar-refractivity contribution is 5.25. The van der Waals surface area contributed by atoms with Crippen LogP contribution in [0.5, 0.6) is 5.75 Å². The zero-order valence-corrected chi connectivity index (χ0v) is 21.0. The van der Waals surface area contributed by atoms with E-state index < -0.39 is 41.2 Å². The molecule has 0 aromatic heterocycles. The number of aliphatic hydroxyl groups is 1. The van der Waals surface area contributed by atoms with E-state index in [1.165, 1.54) is 0 Å². The van der Waals surface area contributed by atoms with Gasteiger partial charge in [0.05, 0.1) is 19.1 Å². The third-order valence-corrected chi connectivity index (χ3v) is 8.52. The number of ether oxygens (including phenoxy) is 3. The van der Waals surface area contributed by atoms with Crippen molar-refractivity contribution in [2.24, 2.45) is 29.1 Å². The summed E-state index contributed by atoms with van der Waals surface area (Å²) < 4.78 is 85.6. The molecule has 4 nitrogen and oxygen atoms in total. The number of halogens is 5. The molecule has 1 saturated heterocycles. The normalized spacial score (nSPS) is 36.0. The summed E-state index contributed by atoms with van der Waals surface area (Å²) in [5.74, 6) is -7.62.